The topological polar surface area (TPSA) is 66.8 Å². The van der Waals surface area contributed by atoms with Crippen molar-refractivity contribution in [3.05, 3.63) is 41.4 Å². The van der Waals surface area contributed by atoms with E-state index >= 15 is 0 Å². The van der Waals surface area contributed by atoms with Gasteiger partial charge in [0.25, 0.3) is 0 Å². The van der Waals surface area contributed by atoms with Gasteiger partial charge in [-0.2, -0.15) is 0 Å². The van der Waals surface area contributed by atoms with Gasteiger partial charge in [0.1, 0.15) is 5.60 Å². The van der Waals surface area contributed by atoms with Crippen LogP contribution in [-0.2, 0) is 14.3 Å². The Labute approximate surface area is 132 Å². The first-order valence-electron chi connectivity index (χ1n) is 7.07. The molecule has 0 spiro atoms. The lowest BCUT2D eigenvalue weighted by molar-refractivity contribution is -0.131. The lowest BCUT2D eigenvalue weighted by atomic mass is 9.73. The van der Waals surface area contributed by atoms with Crippen LogP contribution in [0.3, 0.4) is 0 Å². The number of nitrogens with zero attached hydrogens (tertiary/aromatic N) is 1. The standard InChI is InChI=1S/C16H14ClNO4/c1-15-6-7-16(8-19,22-15)12-11(15)13(20)18(14(12)21)10-5-3-2-4-9(10)17/h2-7,11-12,19H,8H2,1H3/t11-,12-,15-,16+/m1/s1. The largest absolute Gasteiger partial charge is 0.393 e. The first kappa shape index (κ1) is 13.9. The van der Waals surface area contributed by atoms with Crippen LogP contribution >= 0.6 is 11.6 Å². The predicted molar refractivity (Wildman–Crippen MR) is 79.4 cm³/mol. The van der Waals surface area contributed by atoms with E-state index in [1.807, 2.05) is 0 Å². The third-order valence-electron chi connectivity index (χ3n) is 4.90. The summed E-state index contributed by atoms with van der Waals surface area (Å²) >= 11 is 6.14. The molecule has 1 aromatic carbocycles. The highest BCUT2D eigenvalue weighted by atomic mass is 35.5. The van der Waals surface area contributed by atoms with Crippen molar-refractivity contribution in [1.29, 1.82) is 0 Å². The van der Waals surface area contributed by atoms with E-state index < -0.39 is 23.0 Å². The molecule has 3 heterocycles. The van der Waals surface area contributed by atoms with Gasteiger partial charge >= 0.3 is 0 Å². The van der Waals surface area contributed by atoms with Crippen molar-refractivity contribution in [3.8, 4) is 0 Å². The van der Waals surface area contributed by atoms with Crippen LogP contribution in [0.2, 0.25) is 5.02 Å². The highest BCUT2D eigenvalue weighted by molar-refractivity contribution is 6.36. The second-order valence-corrected chi connectivity index (χ2v) is 6.56. The van der Waals surface area contributed by atoms with E-state index in [0.717, 1.165) is 4.90 Å². The molecule has 4 rings (SSSR count). The first-order valence-corrected chi connectivity index (χ1v) is 7.45. The van der Waals surface area contributed by atoms with Gasteiger partial charge in [-0.15, -0.1) is 0 Å². The summed E-state index contributed by atoms with van der Waals surface area (Å²) in [4.78, 5) is 26.9. The molecule has 0 aliphatic carbocycles. The Morgan fingerprint density at radius 3 is 2.59 bits per heavy atom. The Morgan fingerprint density at radius 2 is 1.91 bits per heavy atom. The van der Waals surface area contributed by atoms with E-state index in [4.69, 9.17) is 16.3 Å². The number of imide groups is 1. The summed E-state index contributed by atoms with van der Waals surface area (Å²) in [6.45, 7) is 1.43. The zero-order valence-electron chi connectivity index (χ0n) is 11.8. The zero-order chi connectivity index (χ0) is 15.7. The minimum absolute atomic E-state index is 0.328. The van der Waals surface area contributed by atoms with Gasteiger partial charge in [0.05, 0.1) is 34.8 Å². The van der Waals surface area contributed by atoms with E-state index in [0.29, 0.717) is 10.7 Å². The number of benzene rings is 1. The molecule has 22 heavy (non-hydrogen) atoms. The van der Waals surface area contributed by atoms with Gasteiger partial charge in [0, 0.05) is 0 Å². The van der Waals surface area contributed by atoms with Crippen molar-refractivity contribution in [2.45, 2.75) is 18.1 Å². The second kappa shape index (κ2) is 4.19. The van der Waals surface area contributed by atoms with Gasteiger partial charge in [-0.1, -0.05) is 35.9 Å². The molecular weight excluding hydrogens is 306 g/mol. The van der Waals surface area contributed by atoms with Crippen molar-refractivity contribution >= 4 is 29.1 Å². The third kappa shape index (κ3) is 1.46. The van der Waals surface area contributed by atoms with Crippen LogP contribution in [0.15, 0.2) is 36.4 Å². The van der Waals surface area contributed by atoms with Crippen LogP contribution in [0, 0.1) is 11.8 Å². The Kier molecular flexibility index (Phi) is 2.65. The Balaban J connectivity index is 1.84. The number of aliphatic hydroxyl groups excluding tert-OH is 1. The lowest BCUT2D eigenvalue weighted by Crippen LogP contribution is -2.43. The number of carbonyl (C=O) groups excluding carboxylic acids is 2. The zero-order valence-corrected chi connectivity index (χ0v) is 12.6. The summed E-state index contributed by atoms with van der Waals surface area (Å²) < 4.78 is 5.86. The van der Waals surface area contributed by atoms with Crippen LogP contribution in [0.5, 0.6) is 0 Å². The number of hydrogen-bond acceptors (Lipinski definition) is 4. The molecule has 2 fully saturated rings. The van der Waals surface area contributed by atoms with Gasteiger partial charge in [0.15, 0.2) is 0 Å². The van der Waals surface area contributed by atoms with E-state index in [9.17, 15) is 14.7 Å². The molecule has 5 nitrogen and oxygen atoms in total. The number of ether oxygens (including phenoxy) is 1. The number of rotatable bonds is 2. The Bertz CT molecular complexity index is 733. The number of halogens is 1. The Morgan fingerprint density at radius 1 is 1.23 bits per heavy atom. The van der Waals surface area contributed by atoms with Crippen LogP contribution in [0.1, 0.15) is 6.92 Å². The maximum Gasteiger partial charge on any atom is 0.241 e. The Hall–Kier alpha value is -1.69. The molecule has 0 radical (unpaired) electrons. The smallest absolute Gasteiger partial charge is 0.241 e. The highest BCUT2D eigenvalue weighted by Crippen LogP contribution is 2.57. The highest BCUT2D eigenvalue weighted by Gasteiger charge is 2.72. The fraction of sp³-hybridized carbons (Fsp3) is 0.375. The molecule has 2 amide bonds. The molecule has 0 aromatic heterocycles. The van der Waals surface area contributed by atoms with Crippen molar-refractivity contribution in [3.63, 3.8) is 0 Å². The monoisotopic (exact) mass is 319 g/mol. The molecule has 3 aliphatic rings. The summed E-state index contributed by atoms with van der Waals surface area (Å²) in [7, 11) is 0. The predicted octanol–water partition coefficient (Wildman–Crippen LogP) is 1.54. The SMILES string of the molecule is C[C@]12C=C[C@@](CO)(O1)[C@H]1C(=O)N(c3ccccc3Cl)C(=O)[C@@H]12. The van der Waals surface area contributed by atoms with Crippen LogP contribution in [0.4, 0.5) is 5.69 Å². The maximum atomic E-state index is 12.9. The molecule has 4 atom stereocenters. The van der Waals surface area contributed by atoms with Crippen molar-refractivity contribution in [2.75, 3.05) is 11.5 Å². The van der Waals surface area contributed by atoms with E-state index in [-0.39, 0.29) is 18.4 Å². The number of anilines is 1. The second-order valence-electron chi connectivity index (χ2n) is 6.15. The minimum atomic E-state index is -1.11. The van der Waals surface area contributed by atoms with Gasteiger partial charge in [-0.05, 0) is 19.1 Å². The molecule has 1 N–H and O–H groups in total. The molecule has 0 unspecified atom stereocenters. The van der Waals surface area contributed by atoms with E-state index in [1.165, 1.54) is 0 Å². The molecule has 6 heteroatoms. The lowest BCUT2D eigenvalue weighted by Gasteiger charge is -2.27. The van der Waals surface area contributed by atoms with Crippen molar-refractivity contribution < 1.29 is 19.4 Å². The molecule has 2 saturated heterocycles. The fourth-order valence-corrected chi connectivity index (χ4v) is 4.13. The molecule has 3 aliphatic heterocycles. The summed E-state index contributed by atoms with van der Waals surface area (Å²) in [5, 5.41) is 10.1. The van der Waals surface area contributed by atoms with Crippen LogP contribution in [-0.4, -0.2) is 34.7 Å². The quantitative estimate of drug-likeness (QED) is 0.663. The normalized spacial score (nSPS) is 39.0. The number of carbonyl (C=O) groups is 2. The number of fused-ring (bicyclic) bond motifs is 5. The fourth-order valence-electron chi connectivity index (χ4n) is 3.91. The first-order chi connectivity index (χ1) is 10.4. The van der Waals surface area contributed by atoms with Gasteiger partial charge < -0.3 is 9.84 Å². The molecule has 0 saturated carbocycles. The van der Waals surface area contributed by atoms with Crippen LogP contribution < -0.4 is 4.90 Å². The van der Waals surface area contributed by atoms with Gasteiger partial charge in [-0.3, -0.25) is 9.59 Å². The van der Waals surface area contributed by atoms with E-state index in [1.54, 1.807) is 43.3 Å². The van der Waals surface area contributed by atoms with E-state index in [2.05, 4.69) is 0 Å². The maximum absolute atomic E-state index is 12.9. The average molecular weight is 320 g/mol. The summed E-state index contributed by atoms with van der Waals surface area (Å²) in [5.41, 5.74) is -1.59. The molecular formula is C16H14ClNO4. The third-order valence-corrected chi connectivity index (χ3v) is 5.22. The molecule has 114 valence electrons. The van der Waals surface area contributed by atoms with Crippen molar-refractivity contribution in [1.82, 2.24) is 0 Å². The average Bonchev–Trinajstić information content (AvgIpc) is 3.07. The number of hydrogen-bond donors (Lipinski definition) is 1. The summed E-state index contributed by atoms with van der Waals surface area (Å²) in [6, 6.07) is 6.74. The number of amides is 2. The van der Waals surface area contributed by atoms with Crippen molar-refractivity contribution in [2.24, 2.45) is 11.8 Å². The van der Waals surface area contributed by atoms with Gasteiger partial charge in [0.2, 0.25) is 11.8 Å². The summed E-state index contributed by atoms with van der Waals surface area (Å²) in [6.07, 6.45) is 3.47. The molecule has 1 aromatic rings. The van der Waals surface area contributed by atoms with Gasteiger partial charge in [-0.25, -0.2) is 4.90 Å². The number of aliphatic hydroxyl groups is 1. The minimum Gasteiger partial charge on any atom is -0.393 e. The summed E-state index contributed by atoms with van der Waals surface area (Å²) in [5.74, 6) is -2.04. The number of para-hydroxylation sites is 1. The van der Waals surface area contributed by atoms with Crippen LogP contribution in [0.25, 0.3) is 0 Å². The molecule has 2 bridgehead atoms.